The Labute approximate surface area is 175 Å². The Hall–Kier alpha value is -3.20. The molecule has 1 fully saturated rings. The second-order valence-electron chi connectivity index (χ2n) is 6.94. The lowest BCUT2D eigenvalue weighted by Crippen LogP contribution is -2.28. The van der Waals surface area contributed by atoms with Gasteiger partial charge < -0.3 is 14.8 Å². The summed E-state index contributed by atoms with van der Waals surface area (Å²) in [5.74, 6) is -2.86. The molecule has 4 rings (SSSR count). The molecule has 2 heterocycles. The van der Waals surface area contributed by atoms with Crippen molar-refractivity contribution in [3.8, 4) is 0 Å². The van der Waals surface area contributed by atoms with Gasteiger partial charge in [0.25, 0.3) is 0 Å². The van der Waals surface area contributed by atoms with E-state index < -0.39 is 17.6 Å². The number of amides is 2. The zero-order valence-electron chi connectivity index (χ0n) is 16.0. The molecule has 154 valence electrons. The van der Waals surface area contributed by atoms with E-state index in [0.717, 1.165) is 22.2 Å². The first-order valence-corrected chi connectivity index (χ1v) is 10.0. The fraction of sp³-hybridized carbons (Fsp3) is 0.190. The zero-order chi connectivity index (χ0) is 21.3. The number of halogens is 2. The summed E-state index contributed by atoms with van der Waals surface area (Å²) in [7, 11) is 1.91. The fourth-order valence-corrected chi connectivity index (χ4v) is 4.02. The molecular weight excluding hydrogens is 410 g/mol. The van der Waals surface area contributed by atoms with E-state index in [2.05, 4.69) is 10.3 Å². The van der Waals surface area contributed by atoms with E-state index in [1.165, 1.54) is 22.7 Å². The molecule has 0 spiro atoms. The minimum absolute atomic E-state index is 0.0210. The van der Waals surface area contributed by atoms with Gasteiger partial charge in [-0.05, 0) is 36.4 Å². The van der Waals surface area contributed by atoms with E-state index in [0.29, 0.717) is 5.69 Å². The van der Waals surface area contributed by atoms with Crippen molar-refractivity contribution in [1.29, 1.82) is 0 Å². The highest BCUT2D eigenvalue weighted by atomic mass is 32.2. The number of rotatable bonds is 5. The summed E-state index contributed by atoms with van der Waals surface area (Å²) in [5.41, 5.74) is 0.579. The lowest BCUT2D eigenvalue weighted by molar-refractivity contribution is -0.122. The van der Waals surface area contributed by atoms with Gasteiger partial charge in [0.1, 0.15) is 11.6 Å². The maximum atomic E-state index is 14.0. The molecule has 9 heteroatoms. The average molecular weight is 428 g/mol. The number of nitrogens with zero attached hydrogens (tertiary/aromatic N) is 3. The van der Waals surface area contributed by atoms with E-state index >= 15 is 0 Å². The topological polar surface area (TPSA) is 67.2 Å². The maximum Gasteiger partial charge on any atom is 0.229 e. The lowest BCUT2D eigenvalue weighted by Gasteiger charge is -2.17. The van der Waals surface area contributed by atoms with Crippen LogP contribution in [0.15, 0.2) is 64.9 Å². The number of anilines is 2. The lowest BCUT2D eigenvalue weighted by atomic mass is 10.1. The van der Waals surface area contributed by atoms with Crippen LogP contribution in [0.3, 0.4) is 0 Å². The van der Waals surface area contributed by atoms with Crippen LogP contribution in [0.25, 0.3) is 0 Å². The van der Waals surface area contributed by atoms with Crippen molar-refractivity contribution in [1.82, 2.24) is 9.55 Å². The number of hydrogen-bond donors (Lipinski definition) is 1. The van der Waals surface area contributed by atoms with Crippen molar-refractivity contribution >= 4 is 35.0 Å². The number of aromatic nitrogens is 2. The van der Waals surface area contributed by atoms with Crippen LogP contribution in [-0.2, 0) is 16.6 Å². The number of carbonyl (C=O) groups excluding carboxylic acids is 2. The highest BCUT2D eigenvalue weighted by Gasteiger charge is 2.36. The van der Waals surface area contributed by atoms with E-state index in [1.54, 1.807) is 18.3 Å². The van der Waals surface area contributed by atoms with Gasteiger partial charge in [-0.15, -0.1) is 0 Å². The predicted octanol–water partition coefficient (Wildman–Crippen LogP) is 3.84. The van der Waals surface area contributed by atoms with Gasteiger partial charge in [0.05, 0.1) is 11.6 Å². The number of hydrogen-bond acceptors (Lipinski definition) is 4. The first-order valence-electron chi connectivity index (χ1n) is 9.22. The smallest absolute Gasteiger partial charge is 0.229 e. The predicted molar refractivity (Wildman–Crippen MR) is 109 cm³/mol. The molecular formula is C21H18F2N4O2S. The van der Waals surface area contributed by atoms with Crippen LogP contribution < -0.4 is 10.2 Å². The molecule has 1 N–H and O–H groups in total. The van der Waals surface area contributed by atoms with Crippen LogP contribution in [0.5, 0.6) is 0 Å². The van der Waals surface area contributed by atoms with Crippen LogP contribution in [-0.4, -0.2) is 27.9 Å². The van der Waals surface area contributed by atoms with Crippen LogP contribution in [0, 0.1) is 17.6 Å². The van der Waals surface area contributed by atoms with Crippen LogP contribution in [0.2, 0.25) is 0 Å². The number of aryl methyl sites for hydroxylation is 1. The van der Waals surface area contributed by atoms with E-state index in [1.807, 2.05) is 29.9 Å². The molecule has 6 nitrogen and oxygen atoms in total. The third-order valence-corrected chi connectivity index (χ3v) is 5.89. The van der Waals surface area contributed by atoms with Gasteiger partial charge in [0.15, 0.2) is 5.16 Å². The number of benzene rings is 2. The Morgan fingerprint density at radius 3 is 2.63 bits per heavy atom. The van der Waals surface area contributed by atoms with E-state index in [-0.39, 0.29) is 30.5 Å². The van der Waals surface area contributed by atoms with Gasteiger partial charge in [-0.3, -0.25) is 9.59 Å². The molecule has 0 aliphatic carbocycles. The zero-order valence-corrected chi connectivity index (χ0v) is 16.8. The van der Waals surface area contributed by atoms with Crippen molar-refractivity contribution in [3.05, 3.63) is 66.5 Å². The standard InChI is InChI=1S/C21H18F2N4O2S/c1-26-9-8-24-21(26)30-16-5-3-15(4-6-16)25-20(29)13-10-19(28)27(12-13)18-7-2-14(22)11-17(18)23/h2-9,11,13H,10,12H2,1H3,(H,25,29). The molecule has 0 saturated carbocycles. The Morgan fingerprint density at radius 2 is 1.97 bits per heavy atom. The summed E-state index contributed by atoms with van der Waals surface area (Å²) in [5, 5.41) is 3.65. The molecule has 1 aromatic heterocycles. The van der Waals surface area contributed by atoms with Crippen molar-refractivity contribution in [3.63, 3.8) is 0 Å². The molecule has 0 radical (unpaired) electrons. The molecule has 1 aliphatic rings. The van der Waals surface area contributed by atoms with Crippen molar-refractivity contribution in [2.45, 2.75) is 16.5 Å². The van der Waals surface area contributed by atoms with Crippen LogP contribution in [0.4, 0.5) is 20.2 Å². The van der Waals surface area contributed by atoms with Crippen molar-refractivity contribution < 1.29 is 18.4 Å². The maximum absolute atomic E-state index is 14.0. The average Bonchev–Trinajstić information content (AvgIpc) is 3.29. The minimum Gasteiger partial charge on any atom is -0.329 e. The molecule has 0 bridgehead atoms. The molecule has 30 heavy (non-hydrogen) atoms. The first-order chi connectivity index (χ1) is 14.4. The number of carbonyl (C=O) groups is 2. The quantitative estimate of drug-likeness (QED) is 0.671. The van der Waals surface area contributed by atoms with Gasteiger partial charge in [0.2, 0.25) is 11.8 Å². The third-order valence-electron chi connectivity index (χ3n) is 4.80. The number of nitrogens with one attached hydrogen (secondary N) is 1. The van der Waals surface area contributed by atoms with Gasteiger partial charge in [-0.2, -0.15) is 0 Å². The summed E-state index contributed by atoms with van der Waals surface area (Å²) in [6, 6.07) is 10.3. The Balaban J connectivity index is 1.39. The van der Waals surface area contributed by atoms with Gasteiger partial charge in [-0.25, -0.2) is 13.8 Å². The van der Waals surface area contributed by atoms with Crippen molar-refractivity contribution in [2.75, 3.05) is 16.8 Å². The molecule has 2 amide bonds. The summed E-state index contributed by atoms with van der Waals surface area (Å²) in [4.78, 5) is 31.3. The Bertz CT molecular complexity index is 1100. The van der Waals surface area contributed by atoms with Gasteiger partial charge >= 0.3 is 0 Å². The highest BCUT2D eigenvalue weighted by Crippen LogP contribution is 2.30. The third kappa shape index (κ3) is 4.20. The largest absolute Gasteiger partial charge is 0.329 e. The van der Waals surface area contributed by atoms with Crippen LogP contribution >= 0.6 is 11.8 Å². The second-order valence-corrected chi connectivity index (χ2v) is 7.98. The van der Waals surface area contributed by atoms with E-state index in [9.17, 15) is 18.4 Å². The highest BCUT2D eigenvalue weighted by molar-refractivity contribution is 7.99. The van der Waals surface area contributed by atoms with Crippen LogP contribution in [0.1, 0.15) is 6.42 Å². The van der Waals surface area contributed by atoms with E-state index in [4.69, 9.17) is 0 Å². The summed E-state index contributed by atoms with van der Waals surface area (Å²) >= 11 is 1.50. The van der Waals surface area contributed by atoms with Crippen molar-refractivity contribution in [2.24, 2.45) is 13.0 Å². The monoisotopic (exact) mass is 428 g/mol. The molecule has 1 aliphatic heterocycles. The molecule has 2 aromatic carbocycles. The first kappa shape index (κ1) is 20.1. The second kappa shape index (κ2) is 8.27. The Morgan fingerprint density at radius 1 is 1.20 bits per heavy atom. The fourth-order valence-electron chi connectivity index (χ4n) is 3.22. The minimum atomic E-state index is -0.829. The van der Waals surface area contributed by atoms with Gasteiger partial charge in [-0.1, -0.05) is 11.8 Å². The number of imidazole rings is 1. The molecule has 1 atom stereocenters. The molecule has 1 saturated heterocycles. The normalized spacial score (nSPS) is 16.2. The summed E-state index contributed by atoms with van der Waals surface area (Å²) in [6.07, 6.45) is 3.55. The molecule has 3 aromatic rings. The molecule has 1 unspecified atom stereocenters. The summed E-state index contributed by atoms with van der Waals surface area (Å²) < 4.78 is 29.0. The van der Waals surface area contributed by atoms with Gasteiger partial charge in [0, 0.05) is 49.1 Å². The SMILES string of the molecule is Cn1ccnc1Sc1ccc(NC(=O)C2CC(=O)N(c3ccc(F)cc3F)C2)cc1. The summed E-state index contributed by atoms with van der Waals surface area (Å²) in [6.45, 7) is 0.0420. The Kier molecular flexibility index (Phi) is 5.54.